The van der Waals surface area contributed by atoms with Gasteiger partial charge in [-0.15, -0.1) is 0 Å². The Bertz CT molecular complexity index is 393. The fourth-order valence-corrected chi connectivity index (χ4v) is 2.47. The first kappa shape index (κ1) is 10.7. The lowest BCUT2D eigenvalue weighted by Crippen LogP contribution is -2.30. The van der Waals surface area contributed by atoms with Crippen molar-refractivity contribution in [1.29, 1.82) is 5.26 Å². The molecule has 1 aromatic heterocycles. The molecule has 0 aliphatic heterocycles. The molecule has 2 rings (SSSR count). The summed E-state index contributed by atoms with van der Waals surface area (Å²) in [5, 5.41) is 12.9. The van der Waals surface area contributed by atoms with Gasteiger partial charge in [-0.3, -0.25) is 0 Å². The topological polar surface area (TPSA) is 74.7 Å². The van der Waals surface area contributed by atoms with Crippen LogP contribution >= 0.6 is 22.9 Å². The maximum Gasteiger partial charge on any atom is 0.185 e. The smallest absolute Gasteiger partial charge is 0.185 e. The van der Waals surface area contributed by atoms with Crippen LogP contribution in [0.25, 0.3) is 0 Å². The molecule has 0 amide bonds. The summed E-state index contributed by atoms with van der Waals surface area (Å²) in [5.74, 6) is 0.656. The number of rotatable bonds is 4. The van der Waals surface area contributed by atoms with E-state index in [2.05, 4.69) is 10.3 Å². The number of aromatic nitrogens is 1. The monoisotopic (exact) mass is 242 g/mol. The number of hydrogen-bond donors (Lipinski definition) is 2. The quantitative estimate of drug-likeness (QED) is 0.845. The summed E-state index contributed by atoms with van der Waals surface area (Å²) in [6, 6.07) is 2.27. The first-order chi connectivity index (χ1) is 7.24. The molecular weight excluding hydrogens is 232 g/mol. The van der Waals surface area contributed by atoms with E-state index in [1.54, 1.807) is 0 Å². The fourth-order valence-electron chi connectivity index (χ4n) is 1.46. The molecule has 0 aromatic carbocycles. The van der Waals surface area contributed by atoms with Crippen LogP contribution in [0.4, 0.5) is 5.13 Å². The molecule has 1 atom stereocenters. The van der Waals surface area contributed by atoms with Gasteiger partial charge in [-0.1, -0.05) is 22.9 Å². The molecule has 15 heavy (non-hydrogen) atoms. The molecule has 1 saturated carbocycles. The highest BCUT2D eigenvalue weighted by Crippen LogP contribution is 2.35. The zero-order valence-electron chi connectivity index (χ0n) is 8.03. The lowest BCUT2D eigenvalue weighted by atomic mass is 10.2. The van der Waals surface area contributed by atoms with Gasteiger partial charge in [0, 0.05) is 12.6 Å². The number of nitrogens with one attached hydrogen (secondary N) is 1. The molecule has 6 heteroatoms. The third kappa shape index (κ3) is 2.40. The van der Waals surface area contributed by atoms with Crippen molar-refractivity contribution in [2.45, 2.75) is 18.9 Å². The van der Waals surface area contributed by atoms with Crippen molar-refractivity contribution in [1.82, 2.24) is 4.98 Å². The van der Waals surface area contributed by atoms with E-state index in [0.717, 1.165) is 0 Å². The number of nitrogens with zero attached hydrogens (tertiary/aromatic N) is 2. The summed E-state index contributed by atoms with van der Waals surface area (Å²) in [5.41, 5.74) is 5.66. The Hall–Kier alpha value is -0.830. The molecule has 80 valence electrons. The number of halogens is 1. The van der Waals surface area contributed by atoms with Crippen LogP contribution in [0.15, 0.2) is 0 Å². The fraction of sp³-hybridized carbons (Fsp3) is 0.556. The van der Waals surface area contributed by atoms with E-state index in [1.807, 2.05) is 6.07 Å². The van der Waals surface area contributed by atoms with Gasteiger partial charge in [-0.25, -0.2) is 4.98 Å². The Kier molecular flexibility index (Phi) is 3.10. The minimum atomic E-state index is 0.263. The Morgan fingerprint density at radius 1 is 1.73 bits per heavy atom. The molecule has 0 bridgehead atoms. The van der Waals surface area contributed by atoms with Gasteiger partial charge < -0.3 is 11.1 Å². The van der Waals surface area contributed by atoms with Crippen LogP contribution in [0.3, 0.4) is 0 Å². The highest BCUT2D eigenvalue weighted by Gasteiger charge is 2.30. The lowest BCUT2D eigenvalue weighted by Gasteiger charge is -2.14. The van der Waals surface area contributed by atoms with Gasteiger partial charge in [-0.2, -0.15) is 5.26 Å². The Labute approximate surface area is 97.1 Å². The Balaban J connectivity index is 2.06. The van der Waals surface area contributed by atoms with Gasteiger partial charge in [0.2, 0.25) is 0 Å². The Morgan fingerprint density at radius 3 is 2.93 bits per heavy atom. The van der Waals surface area contributed by atoms with E-state index >= 15 is 0 Å². The van der Waals surface area contributed by atoms with Crippen molar-refractivity contribution in [2.24, 2.45) is 11.7 Å². The first-order valence-corrected chi connectivity index (χ1v) is 5.97. The van der Waals surface area contributed by atoms with E-state index in [4.69, 9.17) is 22.6 Å². The van der Waals surface area contributed by atoms with Crippen LogP contribution in [0.2, 0.25) is 5.15 Å². The molecule has 1 heterocycles. The van der Waals surface area contributed by atoms with E-state index in [0.29, 0.717) is 22.5 Å². The summed E-state index contributed by atoms with van der Waals surface area (Å²) in [7, 11) is 0. The Morgan fingerprint density at radius 2 is 2.47 bits per heavy atom. The molecule has 1 unspecified atom stereocenters. The van der Waals surface area contributed by atoms with Gasteiger partial charge in [0.25, 0.3) is 0 Å². The average molecular weight is 243 g/mol. The van der Waals surface area contributed by atoms with Gasteiger partial charge >= 0.3 is 0 Å². The van der Waals surface area contributed by atoms with Crippen molar-refractivity contribution in [2.75, 3.05) is 11.9 Å². The maximum absolute atomic E-state index is 8.73. The van der Waals surface area contributed by atoms with E-state index in [9.17, 15) is 0 Å². The molecule has 0 spiro atoms. The zero-order valence-corrected chi connectivity index (χ0v) is 9.61. The van der Waals surface area contributed by atoms with Crippen molar-refractivity contribution >= 4 is 28.1 Å². The maximum atomic E-state index is 8.73. The minimum Gasteiger partial charge on any atom is -0.357 e. The van der Waals surface area contributed by atoms with Crippen molar-refractivity contribution < 1.29 is 0 Å². The predicted octanol–water partition coefficient (Wildman–Crippen LogP) is 1.82. The second-order valence-corrected chi connectivity index (χ2v) is 4.93. The van der Waals surface area contributed by atoms with Crippen molar-refractivity contribution in [3.8, 4) is 6.07 Å². The van der Waals surface area contributed by atoms with E-state index in [1.165, 1.54) is 24.2 Å². The van der Waals surface area contributed by atoms with Gasteiger partial charge in [0.1, 0.15) is 10.9 Å². The van der Waals surface area contributed by atoms with Crippen molar-refractivity contribution in [3.05, 3.63) is 10.0 Å². The zero-order chi connectivity index (χ0) is 10.8. The molecule has 1 aliphatic rings. The highest BCUT2D eigenvalue weighted by atomic mass is 35.5. The largest absolute Gasteiger partial charge is 0.357 e. The first-order valence-electron chi connectivity index (χ1n) is 4.77. The van der Waals surface area contributed by atoms with E-state index < -0.39 is 0 Å². The average Bonchev–Trinajstić information content (AvgIpc) is 3.00. The summed E-state index contributed by atoms with van der Waals surface area (Å²) >= 11 is 7.05. The molecule has 1 aromatic rings. The number of thiazole rings is 1. The predicted molar refractivity (Wildman–Crippen MR) is 61.0 cm³/mol. The molecule has 0 saturated heterocycles. The summed E-state index contributed by atoms with van der Waals surface area (Å²) < 4.78 is 0. The van der Waals surface area contributed by atoms with Crippen LogP contribution in [0.5, 0.6) is 0 Å². The number of nitrogens with two attached hydrogens (primary N) is 1. The van der Waals surface area contributed by atoms with Crippen molar-refractivity contribution in [3.63, 3.8) is 0 Å². The lowest BCUT2D eigenvalue weighted by molar-refractivity contribution is 0.644. The standard InChI is InChI=1S/C9H11ClN4S/c10-8-7(4-12)15-9(14-8)13-6(3-11)5-1-2-5/h5-6H,1-3,11H2,(H,13,14). The second kappa shape index (κ2) is 4.35. The third-order valence-corrected chi connectivity index (χ3v) is 3.72. The second-order valence-electron chi connectivity index (χ2n) is 3.57. The molecule has 1 aliphatic carbocycles. The molecule has 1 fully saturated rings. The summed E-state index contributed by atoms with van der Waals surface area (Å²) in [6.45, 7) is 0.587. The van der Waals surface area contributed by atoms with Crippen LogP contribution in [-0.4, -0.2) is 17.6 Å². The summed E-state index contributed by atoms with van der Waals surface area (Å²) in [6.07, 6.45) is 2.44. The van der Waals surface area contributed by atoms with Crippen LogP contribution in [0, 0.1) is 17.2 Å². The van der Waals surface area contributed by atoms with Gasteiger partial charge in [0.15, 0.2) is 10.3 Å². The number of anilines is 1. The molecule has 3 N–H and O–H groups in total. The van der Waals surface area contributed by atoms with Gasteiger partial charge in [0.05, 0.1) is 0 Å². The van der Waals surface area contributed by atoms with Gasteiger partial charge in [-0.05, 0) is 18.8 Å². The third-order valence-electron chi connectivity index (χ3n) is 2.44. The molecule has 4 nitrogen and oxygen atoms in total. The van der Waals surface area contributed by atoms with E-state index in [-0.39, 0.29) is 11.2 Å². The van der Waals surface area contributed by atoms with Crippen LogP contribution in [-0.2, 0) is 0 Å². The molecule has 0 radical (unpaired) electrons. The summed E-state index contributed by atoms with van der Waals surface area (Å²) in [4.78, 5) is 4.52. The SMILES string of the molecule is N#Cc1sc(NC(CN)C2CC2)nc1Cl. The highest BCUT2D eigenvalue weighted by molar-refractivity contribution is 7.16. The van der Waals surface area contributed by atoms with Crippen LogP contribution in [0.1, 0.15) is 17.7 Å². The number of nitriles is 1. The number of hydrogen-bond acceptors (Lipinski definition) is 5. The normalized spacial score (nSPS) is 17.1. The van der Waals surface area contributed by atoms with Crippen LogP contribution < -0.4 is 11.1 Å². The molecular formula is C9H11ClN4S. The minimum absolute atomic E-state index is 0.263.